The van der Waals surface area contributed by atoms with Gasteiger partial charge >= 0.3 is 0 Å². The summed E-state index contributed by atoms with van der Waals surface area (Å²) in [5, 5.41) is 3.42. The Hall–Kier alpha value is -0.980. The number of nitrogens with one attached hydrogen (secondary N) is 1. The number of benzene rings is 1. The van der Waals surface area contributed by atoms with Gasteiger partial charge in [-0.15, -0.1) is 24.0 Å². The monoisotopic (exact) mass is 404 g/mol. The van der Waals surface area contributed by atoms with Crippen LogP contribution in [0.4, 0.5) is 5.69 Å². The minimum Gasteiger partial charge on any atom is -0.378 e. The summed E-state index contributed by atoms with van der Waals surface area (Å²) in [7, 11) is 8.04. The molecular weight excluding hydrogens is 375 g/mol. The van der Waals surface area contributed by atoms with Gasteiger partial charge in [0.25, 0.3) is 0 Å². The summed E-state index contributed by atoms with van der Waals surface area (Å²) in [6.45, 7) is 4.04. The van der Waals surface area contributed by atoms with E-state index in [4.69, 9.17) is 0 Å². The number of hydrogen-bond acceptors (Lipinski definition) is 2. The van der Waals surface area contributed by atoms with E-state index in [2.05, 4.69) is 72.4 Å². The Morgan fingerprint density at radius 2 is 1.95 bits per heavy atom. The van der Waals surface area contributed by atoms with E-state index in [0.717, 1.165) is 19.0 Å². The van der Waals surface area contributed by atoms with E-state index in [9.17, 15) is 0 Å². The van der Waals surface area contributed by atoms with Crippen LogP contribution in [0.25, 0.3) is 0 Å². The zero-order valence-corrected chi connectivity index (χ0v) is 16.2. The Morgan fingerprint density at radius 1 is 1.24 bits per heavy atom. The van der Waals surface area contributed by atoms with Gasteiger partial charge in [-0.3, -0.25) is 4.99 Å². The molecule has 5 heteroatoms. The molecule has 1 aromatic rings. The fraction of sp³-hybridized carbons (Fsp3) is 0.562. The van der Waals surface area contributed by atoms with E-state index < -0.39 is 0 Å². The summed E-state index contributed by atoms with van der Waals surface area (Å²) in [5.41, 5.74) is 2.49. The van der Waals surface area contributed by atoms with Crippen LogP contribution in [0.1, 0.15) is 25.3 Å². The van der Waals surface area contributed by atoms with Gasteiger partial charge in [-0.2, -0.15) is 0 Å². The first-order valence-electron chi connectivity index (χ1n) is 7.26. The average molecular weight is 404 g/mol. The molecule has 0 radical (unpaired) electrons. The summed E-state index contributed by atoms with van der Waals surface area (Å²) in [4.78, 5) is 8.63. The van der Waals surface area contributed by atoms with Crippen LogP contribution in [-0.2, 0) is 6.54 Å². The predicted octanol–water partition coefficient (Wildman–Crippen LogP) is 3.18. The van der Waals surface area contributed by atoms with E-state index in [-0.39, 0.29) is 24.0 Å². The smallest absolute Gasteiger partial charge is 0.193 e. The molecule has 1 aromatic carbocycles. The second kappa shape index (κ2) is 10.7. The van der Waals surface area contributed by atoms with Gasteiger partial charge < -0.3 is 15.1 Å². The normalized spacial score (nSPS) is 10.8. The molecule has 0 aliphatic rings. The zero-order chi connectivity index (χ0) is 15.0. The topological polar surface area (TPSA) is 30.9 Å². The van der Waals surface area contributed by atoms with E-state index >= 15 is 0 Å². The van der Waals surface area contributed by atoms with E-state index in [1.807, 2.05) is 7.05 Å². The lowest BCUT2D eigenvalue weighted by Crippen LogP contribution is -2.38. The van der Waals surface area contributed by atoms with Gasteiger partial charge in [-0.05, 0) is 24.1 Å². The first-order chi connectivity index (χ1) is 9.58. The average Bonchev–Trinajstić information content (AvgIpc) is 2.46. The van der Waals surface area contributed by atoms with Crippen molar-refractivity contribution in [3.05, 3.63) is 29.8 Å². The quantitative estimate of drug-likeness (QED) is 0.449. The van der Waals surface area contributed by atoms with Gasteiger partial charge in [0, 0.05) is 47.0 Å². The van der Waals surface area contributed by atoms with Gasteiger partial charge in [0.15, 0.2) is 5.96 Å². The highest BCUT2D eigenvalue weighted by Crippen LogP contribution is 2.13. The van der Waals surface area contributed by atoms with Gasteiger partial charge in [-0.1, -0.05) is 25.5 Å². The number of unbranched alkanes of at least 4 members (excludes halogenated alkanes) is 1. The van der Waals surface area contributed by atoms with Crippen LogP contribution in [0.5, 0.6) is 0 Å². The van der Waals surface area contributed by atoms with E-state index in [0.29, 0.717) is 0 Å². The Labute approximate surface area is 146 Å². The molecule has 0 aliphatic carbocycles. The van der Waals surface area contributed by atoms with Crippen LogP contribution in [0.3, 0.4) is 0 Å². The van der Waals surface area contributed by atoms with Crippen molar-refractivity contribution in [3.8, 4) is 0 Å². The largest absolute Gasteiger partial charge is 0.378 e. The SMILES string of the molecule is CCCCN(C)C(=NC)NCc1cccc(N(C)C)c1.I. The first-order valence-corrected chi connectivity index (χ1v) is 7.26. The highest BCUT2D eigenvalue weighted by Gasteiger charge is 2.05. The maximum Gasteiger partial charge on any atom is 0.193 e. The summed E-state index contributed by atoms with van der Waals surface area (Å²) in [6, 6.07) is 8.55. The molecule has 0 amide bonds. The summed E-state index contributed by atoms with van der Waals surface area (Å²) >= 11 is 0. The van der Waals surface area contributed by atoms with Crippen LogP contribution in [0, 0.1) is 0 Å². The molecule has 0 saturated carbocycles. The highest BCUT2D eigenvalue weighted by atomic mass is 127. The fourth-order valence-electron chi connectivity index (χ4n) is 2.01. The van der Waals surface area contributed by atoms with E-state index in [1.54, 1.807) is 0 Å². The third-order valence-corrected chi connectivity index (χ3v) is 3.30. The molecule has 0 atom stereocenters. The lowest BCUT2D eigenvalue weighted by atomic mass is 10.2. The van der Waals surface area contributed by atoms with Gasteiger partial charge in [0.1, 0.15) is 0 Å². The molecule has 1 rings (SSSR count). The Bertz CT molecular complexity index is 432. The number of hydrogen-bond donors (Lipinski definition) is 1. The lowest BCUT2D eigenvalue weighted by Gasteiger charge is -2.22. The van der Waals surface area contributed by atoms with Crippen molar-refractivity contribution in [1.29, 1.82) is 0 Å². The zero-order valence-electron chi connectivity index (χ0n) is 13.9. The Morgan fingerprint density at radius 3 is 2.52 bits per heavy atom. The van der Waals surface area contributed by atoms with Crippen LogP contribution < -0.4 is 10.2 Å². The molecule has 0 aromatic heterocycles. The number of halogens is 1. The molecule has 0 unspecified atom stereocenters. The highest BCUT2D eigenvalue weighted by molar-refractivity contribution is 14.0. The number of guanidine groups is 1. The van der Waals surface area contributed by atoms with Crippen molar-refractivity contribution in [2.45, 2.75) is 26.3 Å². The maximum absolute atomic E-state index is 4.33. The molecule has 1 N–H and O–H groups in total. The fourth-order valence-corrected chi connectivity index (χ4v) is 2.01. The van der Waals surface area contributed by atoms with Crippen molar-refractivity contribution in [2.75, 3.05) is 39.6 Å². The van der Waals surface area contributed by atoms with Crippen molar-refractivity contribution in [2.24, 2.45) is 4.99 Å². The van der Waals surface area contributed by atoms with Gasteiger partial charge in [0.05, 0.1) is 0 Å². The van der Waals surface area contributed by atoms with Crippen molar-refractivity contribution >= 4 is 35.6 Å². The summed E-state index contributed by atoms with van der Waals surface area (Å²) in [5.74, 6) is 0.953. The molecule has 4 nitrogen and oxygen atoms in total. The molecule has 0 aliphatic heterocycles. The van der Waals surface area contributed by atoms with Crippen LogP contribution in [0.15, 0.2) is 29.3 Å². The molecule has 0 fully saturated rings. The van der Waals surface area contributed by atoms with Crippen molar-refractivity contribution < 1.29 is 0 Å². The molecule has 0 bridgehead atoms. The molecule has 0 heterocycles. The Balaban J connectivity index is 0.00000400. The van der Waals surface area contributed by atoms with Crippen LogP contribution in [-0.4, -0.2) is 45.6 Å². The van der Waals surface area contributed by atoms with Crippen molar-refractivity contribution in [1.82, 2.24) is 10.2 Å². The minimum atomic E-state index is 0. The third kappa shape index (κ3) is 7.02. The molecule has 120 valence electrons. The van der Waals surface area contributed by atoms with Gasteiger partial charge in [-0.25, -0.2) is 0 Å². The molecule has 21 heavy (non-hydrogen) atoms. The third-order valence-electron chi connectivity index (χ3n) is 3.30. The number of aliphatic imine (C=N–C) groups is 1. The summed E-state index contributed by atoms with van der Waals surface area (Å²) < 4.78 is 0. The maximum atomic E-state index is 4.33. The summed E-state index contributed by atoms with van der Waals surface area (Å²) in [6.07, 6.45) is 2.39. The number of rotatable bonds is 6. The molecular formula is C16H29IN4. The van der Waals surface area contributed by atoms with Crippen LogP contribution in [0.2, 0.25) is 0 Å². The molecule has 0 spiro atoms. The first kappa shape index (κ1) is 20.0. The van der Waals surface area contributed by atoms with Crippen molar-refractivity contribution in [3.63, 3.8) is 0 Å². The number of anilines is 1. The van der Waals surface area contributed by atoms with Crippen LogP contribution >= 0.6 is 24.0 Å². The second-order valence-corrected chi connectivity index (χ2v) is 5.24. The van der Waals surface area contributed by atoms with E-state index in [1.165, 1.54) is 24.1 Å². The predicted molar refractivity (Wildman–Crippen MR) is 104 cm³/mol. The number of nitrogens with zero attached hydrogens (tertiary/aromatic N) is 3. The Kier molecular flexibility index (Phi) is 10.2. The standard InChI is InChI=1S/C16H28N4.HI/c1-6-7-11-20(5)16(17-2)18-13-14-9-8-10-15(12-14)19(3)4;/h8-10,12H,6-7,11,13H2,1-5H3,(H,17,18);1H. The lowest BCUT2D eigenvalue weighted by molar-refractivity contribution is 0.464. The van der Waals surface area contributed by atoms with Gasteiger partial charge in [0.2, 0.25) is 0 Å². The second-order valence-electron chi connectivity index (χ2n) is 5.24. The molecule has 0 saturated heterocycles. The minimum absolute atomic E-state index is 0.